The number of nitrogens with zero attached hydrogens (tertiary/aromatic N) is 1. The van der Waals surface area contributed by atoms with Crippen LogP contribution >= 0.6 is 0 Å². The smallest absolute Gasteiger partial charge is 0.0449 e. The Morgan fingerprint density at radius 2 is 1.67 bits per heavy atom. The molecule has 0 radical (unpaired) electrons. The molecule has 0 aromatic heterocycles. The molecule has 0 spiro atoms. The zero-order chi connectivity index (χ0) is 14.0. The first-order chi connectivity index (χ1) is 10.3. The molecule has 2 saturated carbocycles. The summed E-state index contributed by atoms with van der Waals surface area (Å²) >= 11 is 0. The minimum atomic E-state index is 0.712. The number of anilines is 2. The van der Waals surface area contributed by atoms with Crippen molar-refractivity contribution in [2.24, 2.45) is 11.8 Å². The summed E-state index contributed by atoms with van der Waals surface area (Å²) in [6.45, 7) is 2.17. The van der Waals surface area contributed by atoms with Crippen LogP contribution in [0.15, 0.2) is 48.5 Å². The molecule has 106 valence electrons. The summed E-state index contributed by atoms with van der Waals surface area (Å²) in [5.41, 5.74) is 5.80. The Labute approximate surface area is 126 Å². The van der Waals surface area contributed by atoms with Crippen LogP contribution in [0.5, 0.6) is 0 Å². The Morgan fingerprint density at radius 1 is 0.905 bits per heavy atom. The van der Waals surface area contributed by atoms with Crippen LogP contribution in [-0.2, 0) is 0 Å². The third-order valence-electron chi connectivity index (χ3n) is 6.04. The van der Waals surface area contributed by atoms with E-state index in [1.54, 1.807) is 5.56 Å². The molecule has 0 amide bonds. The van der Waals surface area contributed by atoms with Gasteiger partial charge >= 0.3 is 0 Å². The number of fused-ring (bicyclic) bond motifs is 7. The second kappa shape index (κ2) is 4.13. The van der Waals surface area contributed by atoms with E-state index in [-0.39, 0.29) is 0 Å². The van der Waals surface area contributed by atoms with Crippen molar-refractivity contribution in [2.75, 3.05) is 4.90 Å². The van der Waals surface area contributed by atoms with Gasteiger partial charge in [-0.3, -0.25) is 0 Å². The Bertz CT molecular complexity index is 687. The molecule has 2 aliphatic carbocycles. The summed E-state index contributed by atoms with van der Waals surface area (Å²) in [4.78, 5) is 2.66. The monoisotopic (exact) mass is 275 g/mol. The summed E-state index contributed by atoms with van der Waals surface area (Å²) < 4.78 is 0. The molecule has 2 aromatic carbocycles. The molecule has 1 heteroatoms. The van der Waals surface area contributed by atoms with Crippen LogP contribution in [-0.4, -0.2) is 6.04 Å². The molecular formula is C20H21N. The van der Waals surface area contributed by atoms with Crippen molar-refractivity contribution in [3.05, 3.63) is 59.7 Å². The first-order valence-corrected chi connectivity index (χ1v) is 8.28. The SMILES string of the molecule is Cc1ccc(N2c3ccccc3C3C4CCC(C4)C32)cc1. The number of benzene rings is 2. The van der Waals surface area contributed by atoms with Crippen molar-refractivity contribution < 1.29 is 0 Å². The molecule has 0 saturated heterocycles. The van der Waals surface area contributed by atoms with Crippen molar-refractivity contribution in [3.8, 4) is 0 Å². The van der Waals surface area contributed by atoms with Crippen molar-refractivity contribution >= 4 is 11.4 Å². The van der Waals surface area contributed by atoms with Crippen molar-refractivity contribution in [3.63, 3.8) is 0 Å². The zero-order valence-corrected chi connectivity index (χ0v) is 12.5. The summed E-state index contributed by atoms with van der Waals surface area (Å²) in [5.74, 6) is 2.60. The average Bonchev–Trinajstić information content (AvgIpc) is 3.18. The van der Waals surface area contributed by atoms with E-state index in [1.165, 1.54) is 36.2 Å². The van der Waals surface area contributed by atoms with E-state index in [0.717, 1.165) is 17.8 Å². The summed E-state index contributed by atoms with van der Waals surface area (Å²) in [6.07, 6.45) is 4.33. The summed E-state index contributed by atoms with van der Waals surface area (Å²) in [5, 5.41) is 0. The van der Waals surface area contributed by atoms with Crippen molar-refractivity contribution in [2.45, 2.75) is 38.1 Å². The highest BCUT2D eigenvalue weighted by Gasteiger charge is 2.55. The highest BCUT2D eigenvalue weighted by Crippen LogP contribution is 2.62. The second-order valence-corrected chi connectivity index (χ2v) is 7.11. The molecule has 4 atom stereocenters. The van der Waals surface area contributed by atoms with Crippen LogP contribution in [0, 0.1) is 18.8 Å². The number of hydrogen-bond acceptors (Lipinski definition) is 1. The topological polar surface area (TPSA) is 3.24 Å². The van der Waals surface area contributed by atoms with E-state index in [0.29, 0.717) is 6.04 Å². The average molecular weight is 275 g/mol. The van der Waals surface area contributed by atoms with Gasteiger partial charge in [-0.1, -0.05) is 35.9 Å². The molecule has 3 aliphatic rings. The molecule has 4 unspecified atom stereocenters. The summed E-state index contributed by atoms with van der Waals surface area (Å²) in [7, 11) is 0. The lowest BCUT2D eigenvalue weighted by Gasteiger charge is -2.33. The Morgan fingerprint density at radius 3 is 2.52 bits per heavy atom. The number of para-hydroxylation sites is 1. The first-order valence-electron chi connectivity index (χ1n) is 8.28. The lowest BCUT2D eigenvalue weighted by Crippen LogP contribution is -2.35. The third kappa shape index (κ3) is 1.52. The van der Waals surface area contributed by atoms with Crippen LogP contribution < -0.4 is 4.90 Å². The molecule has 2 fully saturated rings. The predicted octanol–water partition coefficient (Wildman–Crippen LogP) is 5.03. The predicted molar refractivity (Wildman–Crippen MR) is 87.1 cm³/mol. The zero-order valence-electron chi connectivity index (χ0n) is 12.5. The van der Waals surface area contributed by atoms with Crippen LogP contribution in [0.25, 0.3) is 0 Å². The fourth-order valence-electron chi connectivity index (χ4n) is 5.24. The molecule has 1 heterocycles. The lowest BCUT2D eigenvalue weighted by atomic mass is 9.82. The van der Waals surface area contributed by atoms with Crippen molar-refractivity contribution in [1.29, 1.82) is 0 Å². The molecular weight excluding hydrogens is 254 g/mol. The van der Waals surface area contributed by atoms with Crippen molar-refractivity contribution in [1.82, 2.24) is 0 Å². The molecule has 2 bridgehead atoms. The molecule has 21 heavy (non-hydrogen) atoms. The molecule has 0 N–H and O–H groups in total. The van der Waals surface area contributed by atoms with E-state index in [4.69, 9.17) is 0 Å². The maximum absolute atomic E-state index is 2.66. The van der Waals surface area contributed by atoms with Gasteiger partial charge in [-0.2, -0.15) is 0 Å². The van der Waals surface area contributed by atoms with Gasteiger partial charge in [-0.25, -0.2) is 0 Å². The van der Waals surface area contributed by atoms with Crippen LogP contribution in [0.2, 0.25) is 0 Å². The van der Waals surface area contributed by atoms with Crippen LogP contribution in [0.3, 0.4) is 0 Å². The van der Waals surface area contributed by atoms with Gasteiger partial charge in [0, 0.05) is 23.3 Å². The standard InChI is InChI=1S/C20H21N/c1-13-6-10-16(11-7-13)21-18-5-3-2-4-17(18)19-14-8-9-15(12-14)20(19)21/h2-7,10-11,14-15,19-20H,8-9,12H2,1H3. The van der Waals surface area contributed by atoms with Gasteiger partial charge in [0.05, 0.1) is 0 Å². The highest BCUT2D eigenvalue weighted by atomic mass is 15.2. The molecule has 1 aliphatic heterocycles. The van der Waals surface area contributed by atoms with Gasteiger partial charge < -0.3 is 4.90 Å². The normalized spacial score (nSPS) is 32.3. The highest BCUT2D eigenvalue weighted by molar-refractivity contribution is 5.73. The van der Waals surface area contributed by atoms with E-state index in [9.17, 15) is 0 Å². The number of rotatable bonds is 1. The Hall–Kier alpha value is -1.76. The quantitative estimate of drug-likeness (QED) is 0.705. The van der Waals surface area contributed by atoms with E-state index in [2.05, 4.69) is 60.4 Å². The van der Waals surface area contributed by atoms with E-state index in [1.807, 2.05) is 0 Å². The minimum Gasteiger partial charge on any atom is -0.337 e. The third-order valence-corrected chi connectivity index (χ3v) is 6.04. The molecule has 2 aromatic rings. The van der Waals surface area contributed by atoms with Gasteiger partial charge in [-0.05, 0) is 61.8 Å². The summed E-state index contributed by atoms with van der Waals surface area (Å²) in [6, 6.07) is 18.9. The number of aryl methyl sites for hydroxylation is 1. The van der Waals surface area contributed by atoms with Crippen LogP contribution in [0.4, 0.5) is 11.4 Å². The van der Waals surface area contributed by atoms with Gasteiger partial charge in [0.1, 0.15) is 0 Å². The Balaban J connectivity index is 1.68. The fourth-order valence-corrected chi connectivity index (χ4v) is 5.24. The first kappa shape index (κ1) is 11.9. The van der Waals surface area contributed by atoms with Crippen LogP contribution in [0.1, 0.15) is 36.3 Å². The van der Waals surface area contributed by atoms with E-state index >= 15 is 0 Å². The van der Waals surface area contributed by atoms with Gasteiger partial charge in [0.2, 0.25) is 0 Å². The molecule has 5 rings (SSSR count). The molecule has 1 nitrogen and oxygen atoms in total. The maximum atomic E-state index is 2.66. The Kier molecular flexibility index (Phi) is 2.33. The fraction of sp³-hybridized carbons (Fsp3) is 0.400. The van der Waals surface area contributed by atoms with E-state index < -0.39 is 0 Å². The maximum Gasteiger partial charge on any atom is 0.0449 e. The minimum absolute atomic E-state index is 0.712. The largest absolute Gasteiger partial charge is 0.337 e. The van der Waals surface area contributed by atoms with Gasteiger partial charge in [0.15, 0.2) is 0 Å². The second-order valence-electron chi connectivity index (χ2n) is 7.11. The van der Waals surface area contributed by atoms with Gasteiger partial charge in [-0.15, -0.1) is 0 Å². The lowest BCUT2D eigenvalue weighted by molar-refractivity contribution is 0.382. The van der Waals surface area contributed by atoms with Gasteiger partial charge in [0.25, 0.3) is 0 Å². The number of hydrogen-bond donors (Lipinski definition) is 0.